The van der Waals surface area contributed by atoms with Crippen LogP contribution in [-0.2, 0) is 14.3 Å². The lowest BCUT2D eigenvalue weighted by molar-refractivity contribution is -0.260. The number of rotatable bonds is 10. The molecule has 0 aromatic carbocycles. The summed E-state index contributed by atoms with van der Waals surface area (Å²) in [5, 5.41) is 17.9. The van der Waals surface area contributed by atoms with E-state index in [0.29, 0.717) is 29.6 Å². The zero-order valence-electron chi connectivity index (χ0n) is 26.2. The minimum absolute atomic E-state index is 0.0106. The van der Waals surface area contributed by atoms with Crippen molar-refractivity contribution in [3.05, 3.63) is 11.6 Å². The molecule has 1 saturated heterocycles. The normalized spacial score (nSPS) is 29.3. The van der Waals surface area contributed by atoms with E-state index in [4.69, 9.17) is 19.7 Å². The number of aldehydes is 1. The lowest BCUT2D eigenvalue weighted by atomic mass is 9.76. The van der Waals surface area contributed by atoms with Crippen LogP contribution in [-0.4, -0.2) is 49.2 Å². The fourth-order valence-electron chi connectivity index (χ4n) is 4.72. The second kappa shape index (κ2) is 17.8. The number of carbonyl (C=O) groups excluding carboxylic acids is 1. The molecule has 1 aliphatic heterocycles. The Hall–Kier alpha value is -0.750. The zero-order chi connectivity index (χ0) is 28.8. The van der Waals surface area contributed by atoms with Crippen molar-refractivity contribution in [2.45, 2.75) is 115 Å². The van der Waals surface area contributed by atoms with E-state index in [9.17, 15) is 4.79 Å². The van der Waals surface area contributed by atoms with E-state index in [1.807, 2.05) is 20.8 Å². The molecule has 0 spiro atoms. The van der Waals surface area contributed by atoms with Crippen LogP contribution >= 0.6 is 0 Å². The molecule has 6 unspecified atom stereocenters. The quantitative estimate of drug-likeness (QED) is 0.231. The predicted molar refractivity (Wildman–Crippen MR) is 155 cm³/mol. The molecule has 37 heavy (non-hydrogen) atoms. The van der Waals surface area contributed by atoms with E-state index in [2.05, 4.69) is 61.5 Å². The third-order valence-corrected chi connectivity index (χ3v) is 9.68. The molecular weight excluding hydrogens is 464 g/mol. The Morgan fingerprint density at radius 1 is 1.05 bits per heavy atom. The van der Waals surface area contributed by atoms with E-state index in [0.717, 1.165) is 32.3 Å². The molecule has 0 amide bonds. The average molecular weight is 527 g/mol. The number of hydrogen-bond acceptors (Lipinski definition) is 5. The third-order valence-electron chi connectivity index (χ3n) is 9.68. The molecule has 1 aliphatic carbocycles. The molecule has 2 rings (SSSR count). The third kappa shape index (κ3) is 11.5. The summed E-state index contributed by atoms with van der Waals surface area (Å²) in [5.74, 6) is 2.92. The second-order valence-corrected chi connectivity index (χ2v) is 12.7. The molecule has 2 aliphatic rings. The molecule has 0 bridgehead atoms. The molecule has 1 heterocycles. The van der Waals surface area contributed by atoms with Gasteiger partial charge in [-0.15, -0.1) is 0 Å². The van der Waals surface area contributed by atoms with Crippen molar-refractivity contribution in [1.29, 1.82) is 0 Å². The standard InChI is InChI=1S/C17H30O2.C8H18O2.C7H14O/c1-6-14(4)17(5)10-18-16(19-11-17)15-8-7-12(2)9-13(15)3;1-4-7(2)8(3,5-9)6-10;1-4-6(2)7(3)5-8/h9,13-16H,6-8,10-11H2,1-5H3;7,9-10H,4-6H2,1-3H3;5-7H,4H2,1-3H3. The Morgan fingerprint density at radius 2 is 1.59 bits per heavy atom. The van der Waals surface area contributed by atoms with E-state index >= 15 is 0 Å². The van der Waals surface area contributed by atoms with Gasteiger partial charge in [0.05, 0.1) is 26.4 Å². The van der Waals surface area contributed by atoms with Gasteiger partial charge in [0.2, 0.25) is 0 Å². The van der Waals surface area contributed by atoms with E-state index in [1.165, 1.54) is 24.8 Å². The summed E-state index contributed by atoms with van der Waals surface area (Å²) in [6.45, 7) is 25.4. The summed E-state index contributed by atoms with van der Waals surface area (Å²) in [7, 11) is 0. The van der Waals surface area contributed by atoms with Gasteiger partial charge < -0.3 is 24.5 Å². The number of carbonyl (C=O) groups is 1. The Morgan fingerprint density at radius 3 is 1.92 bits per heavy atom. The zero-order valence-corrected chi connectivity index (χ0v) is 26.2. The van der Waals surface area contributed by atoms with Crippen LogP contribution in [0.3, 0.4) is 0 Å². The van der Waals surface area contributed by atoms with Gasteiger partial charge in [-0.05, 0) is 43.4 Å². The Labute approximate surface area is 229 Å². The predicted octanol–water partition coefficient (Wildman–Crippen LogP) is 7.30. The molecule has 0 radical (unpaired) electrons. The molecule has 5 nitrogen and oxygen atoms in total. The fraction of sp³-hybridized carbons (Fsp3) is 0.906. The van der Waals surface area contributed by atoms with Gasteiger partial charge in [0, 0.05) is 22.7 Å². The highest BCUT2D eigenvalue weighted by molar-refractivity contribution is 5.53. The maximum absolute atomic E-state index is 10.1. The van der Waals surface area contributed by atoms with Gasteiger partial charge in [-0.1, -0.05) is 100 Å². The fourth-order valence-corrected chi connectivity index (χ4v) is 4.72. The smallest absolute Gasteiger partial charge is 0.160 e. The Kier molecular flexibility index (Phi) is 17.4. The van der Waals surface area contributed by atoms with Crippen molar-refractivity contribution in [2.75, 3.05) is 26.4 Å². The Bertz CT molecular complexity index is 633. The van der Waals surface area contributed by atoms with Crippen molar-refractivity contribution >= 4 is 6.29 Å². The summed E-state index contributed by atoms with van der Waals surface area (Å²) in [5.41, 5.74) is 1.41. The number of allylic oxidation sites excluding steroid dienone is 2. The Balaban J connectivity index is 0.000000607. The topological polar surface area (TPSA) is 76.0 Å². The van der Waals surface area contributed by atoms with Crippen molar-refractivity contribution in [3.8, 4) is 0 Å². The monoisotopic (exact) mass is 526 g/mol. The summed E-state index contributed by atoms with van der Waals surface area (Å²) in [4.78, 5) is 10.1. The summed E-state index contributed by atoms with van der Waals surface area (Å²) < 4.78 is 12.2. The van der Waals surface area contributed by atoms with Crippen molar-refractivity contribution < 1.29 is 24.5 Å². The SMILES string of the molecule is CCC(C)C(C)(CO)CO.CCC(C)C(C)C=O.CCC(C)C1(C)COC(C2CCC(C)=CC2C)OC1. The number of ether oxygens (including phenoxy) is 2. The minimum Gasteiger partial charge on any atom is -0.396 e. The van der Waals surface area contributed by atoms with Gasteiger partial charge in [0.15, 0.2) is 6.29 Å². The summed E-state index contributed by atoms with van der Waals surface area (Å²) in [6, 6.07) is 0. The van der Waals surface area contributed by atoms with Crippen LogP contribution in [0.5, 0.6) is 0 Å². The van der Waals surface area contributed by atoms with Gasteiger partial charge in [-0.25, -0.2) is 0 Å². The van der Waals surface area contributed by atoms with E-state index < -0.39 is 0 Å². The molecule has 1 fully saturated rings. The number of aliphatic hydroxyl groups excluding tert-OH is 2. The van der Waals surface area contributed by atoms with Gasteiger partial charge in [-0.3, -0.25) is 0 Å². The molecule has 0 aromatic rings. The van der Waals surface area contributed by atoms with Crippen LogP contribution in [0.15, 0.2) is 11.6 Å². The van der Waals surface area contributed by atoms with E-state index in [1.54, 1.807) is 0 Å². The van der Waals surface area contributed by atoms with Crippen LogP contribution in [0.25, 0.3) is 0 Å². The number of aliphatic hydroxyl groups is 2. The van der Waals surface area contributed by atoms with Gasteiger partial charge in [0.1, 0.15) is 6.29 Å². The largest absolute Gasteiger partial charge is 0.396 e. The second-order valence-electron chi connectivity index (χ2n) is 12.7. The van der Waals surface area contributed by atoms with Crippen LogP contribution in [0, 0.1) is 46.3 Å². The van der Waals surface area contributed by atoms with Gasteiger partial charge in [0.25, 0.3) is 0 Å². The maximum atomic E-state index is 10.1. The molecule has 0 saturated carbocycles. The highest BCUT2D eigenvalue weighted by Gasteiger charge is 2.40. The first-order valence-electron chi connectivity index (χ1n) is 14.9. The highest BCUT2D eigenvalue weighted by atomic mass is 16.7. The van der Waals surface area contributed by atoms with Crippen LogP contribution < -0.4 is 0 Å². The van der Waals surface area contributed by atoms with Crippen molar-refractivity contribution in [2.24, 2.45) is 46.3 Å². The molecular formula is C32H62O5. The lowest BCUT2D eigenvalue weighted by Gasteiger charge is -2.44. The van der Waals surface area contributed by atoms with Gasteiger partial charge >= 0.3 is 0 Å². The van der Waals surface area contributed by atoms with Crippen LogP contribution in [0.4, 0.5) is 0 Å². The van der Waals surface area contributed by atoms with Crippen LogP contribution in [0.2, 0.25) is 0 Å². The number of hydrogen-bond donors (Lipinski definition) is 2. The van der Waals surface area contributed by atoms with E-state index in [-0.39, 0.29) is 36.3 Å². The van der Waals surface area contributed by atoms with Gasteiger partial charge in [-0.2, -0.15) is 0 Å². The average Bonchev–Trinajstić information content (AvgIpc) is 2.92. The first kappa shape index (κ1) is 36.2. The van der Waals surface area contributed by atoms with Crippen molar-refractivity contribution in [3.63, 3.8) is 0 Å². The first-order valence-corrected chi connectivity index (χ1v) is 14.9. The highest BCUT2D eigenvalue weighted by Crippen LogP contribution is 2.39. The van der Waals surface area contributed by atoms with Crippen molar-refractivity contribution in [1.82, 2.24) is 0 Å². The molecule has 5 heteroatoms. The maximum Gasteiger partial charge on any atom is 0.160 e. The minimum atomic E-state index is -0.297. The first-order chi connectivity index (χ1) is 17.3. The molecule has 0 aromatic heterocycles. The molecule has 2 N–H and O–H groups in total. The molecule has 6 atom stereocenters. The molecule has 220 valence electrons. The van der Waals surface area contributed by atoms with Crippen LogP contribution in [0.1, 0.15) is 108 Å². The lowest BCUT2D eigenvalue weighted by Crippen LogP contribution is -2.47. The summed E-state index contributed by atoms with van der Waals surface area (Å²) in [6.07, 6.45) is 9.11. The summed E-state index contributed by atoms with van der Waals surface area (Å²) >= 11 is 0.